The van der Waals surface area contributed by atoms with Crippen LogP contribution < -0.4 is 5.43 Å². The van der Waals surface area contributed by atoms with Gasteiger partial charge in [0, 0.05) is 16.7 Å². The number of hydrogen-bond donors (Lipinski definition) is 1. The highest BCUT2D eigenvalue weighted by atomic mass is 19.4. The number of rotatable bonds is 5. The summed E-state index contributed by atoms with van der Waals surface area (Å²) in [6.45, 7) is 0. The van der Waals surface area contributed by atoms with E-state index >= 15 is 0 Å². The van der Waals surface area contributed by atoms with Crippen LogP contribution in [0.25, 0.3) is 11.3 Å². The van der Waals surface area contributed by atoms with E-state index in [1.807, 2.05) is 6.07 Å². The van der Waals surface area contributed by atoms with E-state index in [1.54, 1.807) is 30.3 Å². The summed E-state index contributed by atoms with van der Waals surface area (Å²) in [5.74, 6) is -0.507. The number of carbonyl (C=O) groups excluding carboxylic acids is 1. The Morgan fingerprint density at radius 3 is 2.00 bits per heavy atom. The van der Waals surface area contributed by atoms with Crippen LogP contribution in [-0.2, 0) is 12.4 Å². The summed E-state index contributed by atoms with van der Waals surface area (Å²) >= 11 is 0. The predicted molar refractivity (Wildman–Crippen MR) is 120 cm³/mol. The zero-order valence-corrected chi connectivity index (χ0v) is 18.2. The van der Waals surface area contributed by atoms with Gasteiger partial charge in [-0.3, -0.25) is 4.79 Å². The van der Waals surface area contributed by atoms with Crippen molar-refractivity contribution in [2.24, 2.45) is 5.10 Å². The topological polar surface area (TPSA) is 54.6 Å². The van der Waals surface area contributed by atoms with E-state index < -0.39 is 29.4 Å². The Balaban J connectivity index is 1.68. The average Bonchev–Trinajstić information content (AvgIpc) is 3.35. The molecule has 0 saturated carbocycles. The first-order chi connectivity index (χ1) is 17.0. The molecule has 0 atom stereocenters. The molecule has 184 valence electrons. The van der Waals surface area contributed by atoms with E-state index in [-0.39, 0.29) is 22.6 Å². The number of hydrogen-bond acceptors (Lipinski definition) is 3. The Kier molecular flexibility index (Phi) is 6.69. The van der Waals surface area contributed by atoms with Crippen molar-refractivity contribution >= 4 is 11.6 Å². The molecule has 0 unspecified atom stereocenters. The average molecular weight is 502 g/mol. The number of halogens is 6. The number of nitrogens with one attached hydrogen (secondary N) is 1. The van der Waals surface area contributed by atoms with Gasteiger partial charge in [0.05, 0.1) is 16.8 Å². The Morgan fingerprint density at radius 1 is 0.694 bits per heavy atom. The van der Waals surface area contributed by atoms with Crippen molar-refractivity contribution in [1.29, 1.82) is 0 Å². The maximum atomic E-state index is 13.2. The van der Waals surface area contributed by atoms with E-state index in [9.17, 15) is 31.1 Å². The van der Waals surface area contributed by atoms with Crippen LogP contribution in [0.15, 0.2) is 101 Å². The van der Waals surface area contributed by atoms with Crippen LogP contribution in [0, 0.1) is 0 Å². The fourth-order valence-electron chi connectivity index (χ4n) is 3.33. The third kappa shape index (κ3) is 5.65. The van der Waals surface area contributed by atoms with Gasteiger partial charge in [0.25, 0.3) is 0 Å². The number of nitrogens with zero attached hydrogens (tertiary/aromatic N) is 1. The summed E-state index contributed by atoms with van der Waals surface area (Å²) in [6, 6.07) is 19.7. The number of alkyl halides is 6. The second-order valence-corrected chi connectivity index (χ2v) is 7.58. The van der Waals surface area contributed by atoms with Gasteiger partial charge in [0.2, 0.25) is 0 Å². The summed E-state index contributed by atoms with van der Waals surface area (Å²) in [7, 11) is 0. The van der Waals surface area contributed by atoms with Crippen LogP contribution in [0.5, 0.6) is 0 Å². The fraction of sp³-hybridized carbons (Fsp3) is 0.0769. The molecular weight excluding hydrogens is 486 g/mol. The van der Waals surface area contributed by atoms with Gasteiger partial charge in [0.1, 0.15) is 5.76 Å². The molecule has 1 amide bonds. The minimum absolute atomic E-state index is 0.0608. The number of carbonyl (C=O) groups is 1. The maximum Gasteiger partial charge on any atom is 0.416 e. The molecule has 4 aromatic rings. The molecule has 3 aromatic carbocycles. The Bertz CT molecular complexity index is 1390. The first kappa shape index (κ1) is 24.8. The highest BCUT2D eigenvalue weighted by molar-refractivity contribution is 6.13. The van der Waals surface area contributed by atoms with Crippen LogP contribution >= 0.6 is 0 Å². The number of furan rings is 1. The Hall–Kier alpha value is -4.34. The lowest BCUT2D eigenvalue weighted by molar-refractivity contribution is -0.138. The summed E-state index contributed by atoms with van der Waals surface area (Å²) in [4.78, 5) is 12.6. The Labute approximate surface area is 200 Å². The monoisotopic (exact) mass is 502 g/mol. The summed E-state index contributed by atoms with van der Waals surface area (Å²) in [5.41, 5.74) is 0.842. The minimum atomic E-state index is -4.66. The van der Waals surface area contributed by atoms with Gasteiger partial charge in [-0.2, -0.15) is 31.4 Å². The van der Waals surface area contributed by atoms with E-state index in [0.717, 1.165) is 48.0 Å². The van der Waals surface area contributed by atoms with Crippen molar-refractivity contribution in [3.05, 3.63) is 119 Å². The van der Waals surface area contributed by atoms with Crippen LogP contribution in [0.2, 0.25) is 0 Å². The van der Waals surface area contributed by atoms with Gasteiger partial charge >= 0.3 is 18.3 Å². The van der Waals surface area contributed by atoms with Crippen molar-refractivity contribution in [3.63, 3.8) is 0 Å². The molecule has 0 bridgehead atoms. The van der Waals surface area contributed by atoms with Crippen molar-refractivity contribution in [2.45, 2.75) is 12.4 Å². The molecule has 0 spiro atoms. The van der Waals surface area contributed by atoms with Crippen LogP contribution in [-0.4, -0.2) is 11.6 Å². The fourth-order valence-corrected chi connectivity index (χ4v) is 3.33. The highest BCUT2D eigenvalue weighted by Crippen LogP contribution is 2.31. The number of hydrazone groups is 1. The van der Waals surface area contributed by atoms with Gasteiger partial charge in [-0.15, -0.1) is 0 Å². The molecule has 36 heavy (non-hydrogen) atoms. The smallest absolute Gasteiger partial charge is 0.416 e. The summed E-state index contributed by atoms with van der Waals surface area (Å²) < 4.78 is 84.2. The zero-order valence-electron chi connectivity index (χ0n) is 18.2. The molecule has 1 aromatic heterocycles. The second-order valence-electron chi connectivity index (χ2n) is 7.58. The lowest BCUT2D eigenvalue weighted by atomic mass is 9.99. The van der Waals surface area contributed by atoms with E-state index in [4.69, 9.17) is 4.42 Å². The molecule has 0 saturated heterocycles. The third-order valence-electron chi connectivity index (χ3n) is 5.11. The summed E-state index contributed by atoms with van der Waals surface area (Å²) in [5, 5.41) is 3.95. The SMILES string of the molecule is O=C(N/N=C(/c1ccc(C(F)(F)F)cc1)c1cccc(C(F)(F)F)c1)c1ccc(-c2ccccc2)o1. The molecular formula is C26H16F6N2O2. The normalized spacial score (nSPS) is 12.4. The highest BCUT2D eigenvalue weighted by Gasteiger charge is 2.32. The molecule has 4 rings (SSSR count). The molecule has 0 aliphatic carbocycles. The summed E-state index contributed by atoms with van der Waals surface area (Å²) in [6.07, 6.45) is -9.26. The zero-order chi connectivity index (χ0) is 25.9. The standard InChI is InChI=1S/C26H16F6N2O2/c27-25(28,29)19-11-9-17(10-12-19)23(18-7-4-8-20(15-18)26(30,31)32)33-34-24(35)22-14-13-21(36-22)16-5-2-1-3-6-16/h1-15H,(H,34,35)/b33-23-. The molecule has 1 heterocycles. The predicted octanol–water partition coefficient (Wildman–Crippen LogP) is 7.17. The number of amides is 1. The van der Waals surface area contributed by atoms with E-state index in [0.29, 0.717) is 5.76 Å². The molecule has 0 fully saturated rings. The van der Waals surface area contributed by atoms with Crippen molar-refractivity contribution in [1.82, 2.24) is 5.43 Å². The van der Waals surface area contributed by atoms with Crippen molar-refractivity contribution < 1.29 is 35.6 Å². The lowest BCUT2D eigenvalue weighted by Gasteiger charge is -2.12. The molecule has 0 aliphatic rings. The van der Waals surface area contributed by atoms with Crippen LogP contribution in [0.1, 0.15) is 32.8 Å². The van der Waals surface area contributed by atoms with Gasteiger partial charge in [-0.1, -0.05) is 54.6 Å². The van der Waals surface area contributed by atoms with Crippen molar-refractivity contribution in [3.8, 4) is 11.3 Å². The third-order valence-corrected chi connectivity index (χ3v) is 5.11. The second kappa shape index (κ2) is 9.73. The first-order valence-corrected chi connectivity index (χ1v) is 10.4. The Morgan fingerprint density at radius 2 is 1.36 bits per heavy atom. The van der Waals surface area contributed by atoms with Gasteiger partial charge in [-0.05, 0) is 36.4 Å². The minimum Gasteiger partial charge on any atom is -0.451 e. The van der Waals surface area contributed by atoms with Gasteiger partial charge in [0.15, 0.2) is 5.76 Å². The van der Waals surface area contributed by atoms with Crippen LogP contribution in [0.3, 0.4) is 0 Å². The van der Waals surface area contributed by atoms with Crippen LogP contribution in [0.4, 0.5) is 26.3 Å². The molecule has 1 N–H and O–H groups in total. The maximum absolute atomic E-state index is 13.2. The number of benzene rings is 3. The quantitative estimate of drug-likeness (QED) is 0.179. The van der Waals surface area contributed by atoms with Gasteiger partial charge in [-0.25, -0.2) is 5.43 Å². The lowest BCUT2D eigenvalue weighted by Crippen LogP contribution is -2.20. The molecule has 0 aliphatic heterocycles. The van der Waals surface area contributed by atoms with Crippen molar-refractivity contribution in [2.75, 3.05) is 0 Å². The molecule has 0 radical (unpaired) electrons. The molecule has 4 nitrogen and oxygen atoms in total. The van der Waals surface area contributed by atoms with Gasteiger partial charge < -0.3 is 4.42 Å². The largest absolute Gasteiger partial charge is 0.451 e. The van der Waals surface area contributed by atoms with E-state index in [2.05, 4.69) is 10.5 Å². The van der Waals surface area contributed by atoms with E-state index in [1.165, 1.54) is 12.1 Å². The first-order valence-electron chi connectivity index (χ1n) is 10.4. The molecule has 10 heteroatoms.